The fourth-order valence-corrected chi connectivity index (χ4v) is 2.53. The highest BCUT2D eigenvalue weighted by molar-refractivity contribution is 5.91. The van der Waals surface area contributed by atoms with Crippen molar-refractivity contribution in [2.45, 2.75) is 13.0 Å². The van der Waals surface area contributed by atoms with E-state index in [-0.39, 0.29) is 6.04 Å². The number of hydrogen-bond acceptors (Lipinski definition) is 4. The number of rotatable bonds is 4. The quantitative estimate of drug-likeness (QED) is 0.798. The molecule has 0 bridgehead atoms. The normalized spacial score (nSPS) is 12.3. The zero-order valence-electron chi connectivity index (χ0n) is 12.4. The van der Waals surface area contributed by atoms with E-state index in [2.05, 4.69) is 34.5 Å². The molecule has 3 rings (SSSR count). The molecule has 0 fully saturated rings. The summed E-state index contributed by atoms with van der Waals surface area (Å²) in [7, 11) is 3.61. The summed E-state index contributed by atoms with van der Waals surface area (Å²) >= 11 is 0. The van der Waals surface area contributed by atoms with E-state index in [9.17, 15) is 0 Å². The Labute approximate surface area is 123 Å². The first-order chi connectivity index (χ1) is 10.2. The highest BCUT2D eigenvalue weighted by atomic mass is 16.5. The van der Waals surface area contributed by atoms with Crippen LogP contribution in [-0.2, 0) is 7.05 Å². The number of aryl methyl sites for hydroxylation is 1. The van der Waals surface area contributed by atoms with Crippen LogP contribution in [0.5, 0.6) is 5.75 Å². The minimum atomic E-state index is 0.105. The van der Waals surface area contributed by atoms with Crippen molar-refractivity contribution in [3.63, 3.8) is 0 Å². The first-order valence-corrected chi connectivity index (χ1v) is 6.86. The lowest BCUT2D eigenvalue weighted by molar-refractivity contribution is 0.406. The Bertz CT molecular complexity index is 766. The summed E-state index contributed by atoms with van der Waals surface area (Å²) in [6, 6.07) is 8.23. The zero-order chi connectivity index (χ0) is 14.8. The first kappa shape index (κ1) is 13.4. The lowest BCUT2D eigenvalue weighted by Crippen LogP contribution is -2.08. The Morgan fingerprint density at radius 2 is 2.10 bits per heavy atom. The van der Waals surface area contributed by atoms with E-state index in [1.807, 2.05) is 30.1 Å². The van der Waals surface area contributed by atoms with Gasteiger partial charge in [-0.3, -0.25) is 9.67 Å². The molecule has 2 heterocycles. The lowest BCUT2D eigenvalue weighted by atomic mass is 10.1. The Balaban J connectivity index is 1.95. The molecular weight excluding hydrogens is 264 g/mol. The van der Waals surface area contributed by atoms with Crippen LogP contribution in [0.1, 0.15) is 18.5 Å². The maximum atomic E-state index is 5.38. The first-order valence-electron chi connectivity index (χ1n) is 6.86. The van der Waals surface area contributed by atoms with Gasteiger partial charge in [-0.05, 0) is 25.1 Å². The van der Waals surface area contributed by atoms with Gasteiger partial charge in [-0.1, -0.05) is 6.07 Å². The molecule has 0 aliphatic heterocycles. The summed E-state index contributed by atoms with van der Waals surface area (Å²) in [5.74, 6) is 0.788. The number of nitrogens with zero attached hydrogens (tertiary/aromatic N) is 3. The maximum Gasteiger partial charge on any atom is 0.142 e. The van der Waals surface area contributed by atoms with Gasteiger partial charge in [-0.15, -0.1) is 0 Å². The molecule has 5 heteroatoms. The summed E-state index contributed by atoms with van der Waals surface area (Å²) < 4.78 is 7.25. The van der Waals surface area contributed by atoms with Crippen LogP contribution in [0.25, 0.3) is 10.9 Å². The van der Waals surface area contributed by atoms with Crippen LogP contribution in [0.15, 0.2) is 42.9 Å². The standard InChI is InChI=1S/C16H18N4O/c1-11(12-7-8-17-10-16(12)21-3)19-14-5-4-6-15-13(14)9-18-20(15)2/h4-11,19H,1-3H3. The van der Waals surface area contributed by atoms with Crippen molar-refractivity contribution in [1.82, 2.24) is 14.8 Å². The predicted molar refractivity (Wildman–Crippen MR) is 83.5 cm³/mol. The van der Waals surface area contributed by atoms with Gasteiger partial charge in [0.1, 0.15) is 5.75 Å². The van der Waals surface area contributed by atoms with E-state index in [0.717, 1.165) is 27.9 Å². The van der Waals surface area contributed by atoms with Crippen LogP contribution in [0.4, 0.5) is 5.69 Å². The number of nitrogens with one attached hydrogen (secondary N) is 1. The van der Waals surface area contributed by atoms with Crippen molar-refractivity contribution in [2.75, 3.05) is 12.4 Å². The second-order valence-electron chi connectivity index (χ2n) is 4.99. The van der Waals surface area contributed by atoms with Crippen molar-refractivity contribution in [1.29, 1.82) is 0 Å². The Morgan fingerprint density at radius 3 is 2.90 bits per heavy atom. The van der Waals surface area contributed by atoms with Gasteiger partial charge in [0, 0.05) is 29.9 Å². The van der Waals surface area contributed by atoms with Crippen LogP contribution >= 0.6 is 0 Å². The molecule has 21 heavy (non-hydrogen) atoms. The van der Waals surface area contributed by atoms with Gasteiger partial charge >= 0.3 is 0 Å². The molecular formula is C16H18N4O. The van der Waals surface area contributed by atoms with Crippen molar-refractivity contribution >= 4 is 16.6 Å². The average Bonchev–Trinajstić information content (AvgIpc) is 2.90. The molecule has 1 atom stereocenters. The summed E-state index contributed by atoms with van der Waals surface area (Å²) in [5.41, 5.74) is 3.24. The fraction of sp³-hybridized carbons (Fsp3) is 0.250. The molecule has 0 radical (unpaired) electrons. The van der Waals surface area contributed by atoms with Crippen LogP contribution in [0.3, 0.4) is 0 Å². The van der Waals surface area contributed by atoms with Gasteiger partial charge in [0.15, 0.2) is 0 Å². The predicted octanol–water partition coefficient (Wildman–Crippen LogP) is 3.15. The number of ether oxygens (including phenoxy) is 1. The third-order valence-electron chi connectivity index (χ3n) is 3.67. The third-order valence-corrected chi connectivity index (χ3v) is 3.67. The Morgan fingerprint density at radius 1 is 1.24 bits per heavy atom. The molecule has 2 aromatic heterocycles. The SMILES string of the molecule is COc1cnccc1C(C)Nc1cccc2c1cnn2C. The lowest BCUT2D eigenvalue weighted by Gasteiger charge is -2.18. The largest absolute Gasteiger partial charge is 0.495 e. The molecule has 1 N–H and O–H groups in total. The van der Waals surface area contributed by atoms with E-state index in [1.165, 1.54) is 0 Å². The number of pyridine rings is 1. The third kappa shape index (κ3) is 2.42. The molecule has 108 valence electrons. The molecule has 0 aliphatic carbocycles. The molecule has 0 aliphatic rings. The van der Waals surface area contributed by atoms with Gasteiger partial charge in [0.05, 0.1) is 31.1 Å². The topological polar surface area (TPSA) is 52.0 Å². The van der Waals surface area contributed by atoms with E-state index in [1.54, 1.807) is 19.5 Å². The molecule has 0 saturated carbocycles. The zero-order valence-corrected chi connectivity index (χ0v) is 12.4. The Kier molecular flexibility index (Phi) is 3.48. The molecule has 3 aromatic rings. The highest BCUT2D eigenvalue weighted by Crippen LogP contribution is 2.30. The van der Waals surface area contributed by atoms with Crippen molar-refractivity contribution in [2.24, 2.45) is 7.05 Å². The van der Waals surface area contributed by atoms with Crippen LogP contribution < -0.4 is 10.1 Å². The van der Waals surface area contributed by atoms with E-state index in [4.69, 9.17) is 4.74 Å². The molecule has 1 aromatic carbocycles. The second kappa shape index (κ2) is 5.44. The number of aromatic nitrogens is 3. The smallest absolute Gasteiger partial charge is 0.142 e. The fourth-order valence-electron chi connectivity index (χ4n) is 2.53. The van der Waals surface area contributed by atoms with Crippen molar-refractivity contribution in [3.8, 4) is 5.75 Å². The van der Waals surface area contributed by atoms with E-state index >= 15 is 0 Å². The molecule has 5 nitrogen and oxygen atoms in total. The minimum Gasteiger partial charge on any atom is -0.495 e. The van der Waals surface area contributed by atoms with Gasteiger partial charge < -0.3 is 10.1 Å². The maximum absolute atomic E-state index is 5.38. The molecule has 0 spiro atoms. The van der Waals surface area contributed by atoms with E-state index < -0.39 is 0 Å². The number of fused-ring (bicyclic) bond motifs is 1. The number of methoxy groups -OCH3 is 1. The number of anilines is 1. The highest BCUT2D eigenvalue weighted by Gasteiger charge is 2.13. The molecule has 0 amide bonds. The number of benzene rings is 1. The summed E-state index contributed by atoms with van der Waals surface area (Å²) in [4.78, 5) is 4.09. The van der Waals surface area contributed by atoms with Gasteiger partial charge in [-0.25, -0.2) is 0 Å². The second-order valence-corrected chi connectivity index (χ2v) is 4.99. The summed E-state index contributed by atoms with van der Waals surface area (Å²) in [6.07, 6.45) is 5.40. The number of hydrogen-bond donors (Lipinski definition) is 1. The molecule has 0 saturated heterocycles. The summed E-state index contributed by atoms with van der Waals surface area (Å²) in [6.45, 7) is 2.10. The van der Waals surface area contributed by atoms with Gasteiger partial charge in [-0.2, -0.15) is 5.10 Å². The monoisotopic (exact) mass is 282 g/mol. The Hall–Kier alpha value is -2.56. The average molecular weight is 282 g/mol. The van der Waals surface area contributed by atoms with Crippen LogP contribution in [0.2, 0.25) is 0 Å². The van der Waals surface area contributed by atoms with E-state index in [0.29, 0.717) is 0 Å². The minimum absolute atomic E-state index is 0.105. The van der Waals surface area contributed by atoms with Crippen molar-refractivity contribution in [3.05, 3.63) is 48.4 Å². The summed E-state index contributed by atoms with van der Waals surface area (Å²) in [5, 5.41) is 8.95. The van der Waals surface area contributed by atoms with Gasteiger partial charge in [0.2, 0.25) is 0 Å². The molecule has 1 unspecified atom stereocenters. The van der Waals surface area contributed by atoms with Gasteiger partial charge in [0.25, 0.3) is 0 Å². The van der Waals surface area contributed by atoms with Crippen LogP contribution in [0, 0.1) is 0 Å². The van der Waals surface area contributed by atoms with Crippen molar-refractivity contribution < 1.29 is 4.74 Å². The van der Waals surface area contributed by atoms with Crippen LogP contribution in [-0.4, -0.2) is 21.9 Å².